The lowest BCUT2D eigenvalue weighted by Crippen LogP contribution is -2.55. The van der Waals surface area contributed by atoms with Crippen molar-refractivity contribution in [1.82, 2.24) is 0 Å². The van der Waals surface area contributed by atoms with Gasteiger partial charge in [0.2, 0.25) is 0 Å². The maximum absolute atomic E-state index is 12.6. The molecule has 1 N–H and O–H groups in total. The summed E-state index contributed by atoms with van der Waals surface area (Å²) in [5.41, 5.74) is -2.88. The Kier molecular flexibility index (Phi) is 2.30. The van der Waals surface area contributed by atoms with E-state index in [0.29, 0.717) is 0 Å². The van der Waals surface area contributed by atoms with Gasteiger partial charge in [0.05, 0.1) is 0 Å². The fourth-order valence-electron chi connectivity index (χ4n) is 1.54. The van der Waals surface area contributed by atoms with E-state index in [1.54, 1.807) is 0 Å². The van der Waals surface area contributed by atoms with Crippen molar-refractivity contribution in [2.45, 2.75) is 43.4 Å². The summed E-state index contributed by atoms with van der Waals surface area (Å²) in [5.74, 6) is -4.99. The van der Waals surface area contributed by atoms with E-state index in [2.05, 4.69) is 0 Å². The Morgan fingerprint density at radius 2 is 1.31 bits per heavy atom. The lowest BCUT2D eigenvalue weighted by atomic mass is 9.93. The summed E-state index contributed by atoms with van der Waals surface area (Å²) in [6.07, 6.45) is -6.21. The SMILES string of the molecule is OC1(C(F)(F)C(F)(F)F)CCCC1. The molecule has 0 radical (unpaired) electrons. The van der Waals surface area contributed by atoms with Crippen LogP contribution in [0.3, 0.4) is 0 Å². The summed E-state index contributed by atoms with van der Waals surface area (Å²) in [4.78, 5) is 0. The van der Waals surface area contributed by atoms with Gasteiger partial charge in [-0.25, -0.2) is 0 Å². The molecule has 0 aliphatic heterocycles. The molecule has 0 heterocycles. The van der Waals surface area contributed by atoms with Crippen LogP contribution >= 0.6 is 0 Å². The van der Waals surface area contributed by atoms with Gasteiger partial charge in [-0.1, -0.05) is 12.8 Å². The predicted molar refractivity (Wildman–Crippen MR) is 34.4 cm³/mol. The van der Waals surface area contributed by atoms with E-state index < -0.39 is 30.5 Å². The Labute approximate surface area is 71.5 Å². The maximum atomic E-state index is 12.6. The van der Waals surface area contributed by atoms with Gasteiger partial charge in [0.25, 0.3) is 0 Å². The number of alkyl halides is 5. The van der Waals surface area contributed by atoms with Gasteiger partial charge in [-0.3, -0.25) is 0 Å². The third kappa shape index (κ3) is 1.51. The Morgan fingerprint density at radius 3 is 1.62 bits per heavy atom. The van der Waals surface area contributed by atoms with Crippen molar-refractivity contribution in [1.29, 1.82) is 0 Å². The zero-order chi connectivity index (χ0) is 10.3. The number of hydrogen-bond acceptors (Lipinski definition) is 1. The Bertz CT molecular complexity index is 192. The summed E-state index contributed by atoms with van der Waals surface area (Å²) in [5, 5.41) is 9.08. The predicted octanol–water partition coefficient (Wildman–Crippen LogP) is 2.49. The van der Waals surface area contributed by atoms with Crippen molar-refractivity contribution in [3.8, 4) is 0 Å². The van der Waals surface area contributed by atoms with Gasteiger partial charge in [-0.05, 0) is 12.8 Å². The van der Waals surface area contributed by atoms with Crippen molar-refractivity contribution < 1.29 is 27.1 Å². The highest BCUT2D eigenvalue weighted by Crippen LogP contribution is 2.50. The van der Waals surface area contributed by atoms with Crippen molar-refractivity contribution in [2.24, 2.45) is 0 Å². The maximum Gasteiger partial charge on any atom is 0.456 e. The van der Waals surface area contributed by atoms with E-state index in [4.69, 9.17) is 5.11 Å². The van der Waals surface area contributed by atoms with Crippen molar-refractivity contribution in [3.05, 3.63) is 0 Å². The molecule has 0 saturated heterocycles. The van der Waals surface area contributed by atoms with Gasteiger partial charge >= 0.3 is 12.1 Å². The third-order valence-electron chi connectivity index (χ3n) is 2.37. The number of aliphatic hydroxyl groups is 1. The van der Waals surface area contributed by atoms with Gasteiger partial charge in [0, 0.05) is 0 Å². The van der Waals surface area contributed by atoms with E-state index >= 15 is 0 Å². The second-order valence-electron chi connectivity index (χ2n) is 3.31. The average Bonchev–Trinajstić information content (AvgIpc) is 2.35. The fraction of sp³-hybridized carbons (Fsp3) is 1.00. The van der Waals surface area contributed by atoms with E-state index in [1.807, 2.05) is 0 Å². The normalized spacial score (nSPS) is 23.5. The van der Waals surface area contributed by atoms with E-state index in [1.165, 1.54) is 0 Å². The second kappa shape index (κ2) is 2.80. The van der Waals surface area contributed by atoms with Gasteiger partial charge in [-0.15, -0.1) is 0 Å². The minimum Gasteiger partial charge on any atom is -0.383 e. The van der Waals surface area contributed by atoms with Crippen LogP contribution in [0.1, 0.15) is 25.7 Å². The Balaban J connectivity index is 2.91. The first-order valence-corrected chi connectivity index (χ1v) is 3.88. The fourth-order valence-corrected chi connectivity index (χ4v) is 1.54. The molecule has 0 bridgehead atoms. The molecule has 1 saturated carbocycles. The van der Waals surface area contributed by atoms with Crippen LogP contribution in [-0.2, 0) is 0 Å². The first-order chi connectivity index (χ1) is 5.71. The highest BCUT2D eigenvalue weighted by atomic mass is 19.4. The van der Waals surface area contributed by atoms with Gasteiger partial charge in [0.15, 0.2) is 0 Å². The molecule has 0 aromatic carbocycles. The molecule has 0 atom stereocenters. The van der Waals surface area contributed by atoms with E-state index in [0.717, 1.165) is 0 Å². The van der Waals surface area contributed by atoms with Crippen molar-refractivity contribution in [2.75, 3.05) is 0 Å². The van der Waals surface area contributed by atoms with Gasteiger partial charge in [0.1, 0.15) is 5.60 Å². The number of hydrogen-bond donors (Lipinski definition) is 1. The molecule has 1 aliphatic carbocycles. The average molecular weight is 204 g/mol. The Morgan fingerprint density at radius 1 is 0.923 bits per heavy atom. The quantitative estimate of drug-likeness (QED) is 0.650. The van der Waals surface area contributed by atoms with Crippen molar-refractivity contribution in [3.63, 3.8) is 0 Å². The van der Waals surface area contributed by atoms with Crippen LogP contribution < -0.4 is 0 Å². The minimum atomic E-state index is -5.66. The lowest BCUT2D eigenvalue weighted by Gasteiger charge is -2.33. The van der Waals surface area contributed by atoms with Gasteiger partial charge < -0.3 is 5.11 Å². The highest BCUT2D eigenvalue weighted by Gasteiger charge is 2.69. The van der Waals surface area contributed by atoms with Crippen LogP contribution in [-0.4, -0.2) is 22.8 Å². The van der Waals surface area contributed by atoms with E-state index in [-0.39, 0.29) is 12.8 Å². The van der Waals surface area contributed by atoms with E-state index in [9.17, 15) is 22.0 Å². The Hall–Kier alpha value is -0.390. The minimum absolute atomic E-state index is 0.210. The zero-order valence-electron chi connectivity index (χ0n) is 6.67. The first kappa shape index (κ1) is 10.7. The molecule has 6 heteroatoms. The number of halogens is 5. The van der Waals surface area contributed by atoms with Crippen LogP contribution in [0.2, 0.25) is 0 Å². The molecule has 0 aromatic rings. The molecule has 0 aromatic heterocycles. The molecule has 1 aliphatic rings. The van der Waals surface area contributed by atoms with Crippen LogP contribution in [0.15, 0.2) is 0 Å². The zero-order valence-corrected chi connectivity index (χ0v) is 6.67. The second-order valence-corrected chi connectivity index (χ2v) is 3.31. The highest BCUT2D eigenvalue weighted by molar-refractivity contribution is 5.00. The first-order valence-electron chi connectivity index (χ1n) is 3.88. The molecule has 1 nitrogen and oxygen atoms in total. The third-order valence-corrected chi connectivity index (χ3v) is 2.37. The van der Waals surface area contributed by atoms with Crippen LogP contribution in [0.4, 0.5) is 22.0 Å². The topological polar surface area (TPSA) is 20.2 Å². The summed E-state index contributed by atoms with van der Waals surface area (Å²) in [7, 11) is 0. The summed E-state index contributed by atoms with van der Waals surface area (Å²) < 4.78 is 60.8. The molecule has 0 unspecified atom stereocenters. The van der Waals surface area contributed by atoms with Gasteiger partial charge in [-0.2, -0.15) is 22.0 Å². The molecular weight excluding hydrogens is 195 g/mol. The van der Waals surface area contributed by atoms with Crippen LogP contribution in [0.5, 0.6) is 0 Å². The molecular formula is C7H9F5O. The largest absolute Gasteiger partial charge is 0.456 e. The number of rotatable bonds is 1. The molecule has 78 valence electrons. The monoisotopic (exact) mass is 204 g/mol. The molecule has 1 rings (SSSR count). The van der Waals surface area contributed by atoms with Crippen LogP contribution in [0.25, 0.3) is 0 Å². The smallest absolute Gasteiger partial charge is 0.383 e. The lowest BCUT2D eigenvalue weighted by molar-refractivity contribution is -0.340. The summed E-state index contributed by atoms with van der Waals surface area (Å²) in [6, 6.07) is 0. The molecule has 1 fully saturated rings. The van der Waals surface area contributed by atoms with Crippen LogP contribution in [0, 0.1) is 0 Å². The molecule has 13 heavy (non-hydrogen) atoms. The summed E-state index contributed by atoms with van der Waals surface area (Å²) in [6.45, 7) is 0. The van der Waals surface area contributed by atoms with Crippen molar-refractivity contribution >= 4 is 0 Å². The standard InChI is InChI=1S/C7H9F5O/c8-6(9,7(10,11)12)5(13)3-1-2-4-5/h13H,1-4H2. The summed E-state index contributed by atoms with van der Waals surface area (Å²) >= 11 is 0. The molecule has 0 amide bonds. The molecule has 0 spiro atoms.